The zero-order valence-electron chi connectivity index (χ0n) is 17.0. The molecule has 0 fully saturated rings. The van der Waals surface area contributed by atoms with Gasteiger partial charge >= 0.3 is 0 Å². The van der Waals surface area contributed by atoms with Gasteiger partial charge in [-0.15, -0.1) is 0 Å². The van der Waals surface area contributed by atoms with Crippen LogP contribution >= 0.6 is 22.9 Å². The molecule has 164 valence electrons. The van der Waals surface area contributed by atoms with Gasteiger partial charge in [0.2, 0.25) is 5.91 Å². The quantitative estimate of drug-likeness (QED) is 0.345. The molecule has 0 atom stereocenters. The number of carbonyl (C=O) groups is 1. The molecular weight excluding hydrogens is 466 g/mol. The Morgan fingerprint density at radius 1 is 1.06 bits per heavy atom. The summed E-state index contributed by atoms with van der Waals surface area (Å²) in [4.78, 5) is 23.7. The van der Waals surface area contributed by atoms with Crippen molar-refractivity contribution in [3.8, 4) is 0 Å². The summed E-state index contributed by atoms with van der Waals surface area (Å²) in [6, 6.07) is 17.4. The number of thiazole rings is 1. The topological polar surface area (TPSA) is 80.2 Å². The maximum absolute atomic E-state index is 13.2. The molecule has 0 radical (unpaired) electrons. The molecule has 4 rings (SSSR count). The van der Waals surface area contributed by atoms with Crippen molar-refractivity contribution < 1.29 is 13.2 Å². The van der Waals surface area contributed by atoms with Gasteiger partial charge < -0.3 is 0 Å². The van der Waals surface area contributed by atoms with E-state index in [0.29, 0.717) is 16.7 Å². The smallest absolute Gasteiger partial charge is 0.229 e. The summed E-state index contributed by atoms with van der Waals surface area (Å²) in [7, 11) is -3.44. The number of sulfone groups is 1. The number of carbonyl (C=O) groups excluding carboxylic acids is 1. The number of nitrogens with zero attached hydrogens (tertiary/aromatic N) is 3. The Morgan fingerprint density at radius 2 is 1.88 bits per heavy atom. The third-order valence-corrected chi connectivity index (χ3v) is 7.93. The number of hydrogen-bond acceptors (Lipinski definition) is 6. The zero-order valence-corrected chi connectivity index (χ0v) is 19.4. The van der Waals surface area contributed by atoms with E-state index in [1.54, 1.807) is 53.7 Å². The zero-order chi connectivity index (χ0) is 22.6. The van der Waals surface area contributed by atoms with Crippen LogP contribution in [0.25, 0.3) is 10.2 Å². The van der Waals surface area contributed by atoms with Crippen molar-refractivity contribution in [3.63, 3.8) is 0 Å². The van der Waals surface area contributed by atoms with Crippen molar-refractivity contribution in [1.29, 1.82) is 0 Å². The first-order chi connectivity index (χ1) is 15.4. The molecular formula is C23H20ClN3O3S2. The van der Waals surface area contributed by atoms with Gasteiger partial charge in [-0.1, -0.05) is 47.2 Å². The molecule has 0 unspecified atom stereocenters. The molecule has 0 spiro atoms. The fourth-order valence-electron chi connectivity index (χ4n) is 3.23. The molecule has 0 aliphatic carbocycles. The van der Waals surface area contributed by atoms with Gasteiger partial charge in [0.1, 0.15) is 0 Å². The summed E-state index contributed by atoms with van der Waals surface area (Å²) >= 11 is 7.47. The number of amides is 1. The van der Waals surface area contributed by atoms with E-state index >= 15 is 0 Å². The second kappa shape index (κ2) is 9.77. The summed E-state index contributed by atoms with van der Waals surface area (Å²) in [6.45, 7) is 0.297. The Bertz CT molecular complexity index is 1330. The molecule has 0 saturated carbocycles. The van der Waals surface area contributed by atoms with E-state index in [1.165, 1.54) is 11.3 Å². The minimum atomic E-state index is -3.44. The molecule has 2 aromatic heterocycles. The van der Waals surface area contributed by atoms with Crippen LogP contribution in [0.15, 0.2) is 78.0 Å². The summed E-state index contributed by atoms with van der Waals surface area (Å²) < 4.78 is 26.0. The fraction of sp³-hybridized carbons (Fsp3) is 0.174. The van der Waals surface area contributed by atoms with Gasteiger partial charge in [0.25, 0.3) is 0 Å². The SMILES string of the molecule is O=C(CCCS(=O)(=O)c1ccccc1)N(Cc1cccnc1)c1nc2ccc(Cl)cc2s1. The molecule has 0 aliphatic heterocycles. The molecule has 4 aromatic rings. The van der Waals surface area contributed by atoms with E-state index in [2.05, 4.69) is 9.97 Å². The van der Waals surface area contributed by atoms with Crippen LogP contribution in [0.3, 0.4) is 0 Å². The van der Waals surface area contributed by atoms with Crippen LogP contribution in [0.2, 0.25) is 5.02 Å². The Labute approximate surface area is 195 Å². The Hall–Kier alpha value is -2.81. The standard InChI is InChI=1S/C23H20ClN3O3S2/c24-18-10-11-20-21(14-18)31-23(26-20)27(16-17-6-4-12-25-15-17)22(28)9-5-13-32(29,30)19-7-2-1-3-8-19/h1-4,6-8,10-12,14-15H,5,9,13,16H2. The fourth-order valence-corrected chi connectivity index (χ4v) is 5.82. The molecule has 0 N–H and O–H groups in total. The number of rotatable bonds is 8. The summed E-state index contributed by atoms with van der Waals surface area (Å²) in [6.07, 6.45) is 3.67. The third kappa shape index (κ3) is 5.32. The van der Waals surface area contributed by atoms with Crippen LogP contribution in [-0.4, -0.2) is 30.0 Å². The highest BCUT2D eigenvalue weighted by Gasteiger charge is 2.22. The highest BCUT2D eigenvalue weighted by molar-refractivity contribution is 7.91. The van der Waals surface area contributed by atoms with E-state index in [0.717, 1.165) is 15.8 Å². The average molecular weight is 486 g/mol. The van der Waals surface area contributed by atoms with Gasteiger partial charge in [-0.25, -0.2) is 13.4 Å². The molecule has 32 heavy (non-hydrogen) atoms. The molecule has 0 bridgehead atoms. The van der Waals surface area contributed by atoms with Crippen molar-refractivity contribution in [2.75, 3.05) is 10.7 Å². The van der Waals surface area contributed by atoms with Gasteiger partial charge in [0, 0.05) is 23.8 Å². The van der Waals surface area contributed by atoms with Gasteiger partial charge in [-0.2, -0.15) is 0 Å². The third-order valence-electron chi connectivity index (χ3n) is 4.84. The first kappa shape index (κ1) is 22.4. The monoisotopic (exact) mass is 485 g/mol. The number of anilines is 1. The predicted octanol–water partition coefficient (Wildman–Crippen LogP) is 5.13. The molecule has 1 amide bonds. The minimum absolute atomic E-state index is 0.0863. The van der Waals surface area contributed by atoms with E-state index in [1.807, 2.05) is 24.3 Å². The minimum Gasteiger partial charge on any atom is -0.284 e. The predicted molar refractivity (Wildman–Crippen MR) is 128 cm³/mol. The number of aromatic nitrogens is 2. The maximum atomic E-state index is 13.2. The van der Waals surface area contributed by atoms with Gasteiger partial charge in [-0.05, 0) is 48.4 Å². The van der Waals surface area contributed by atoms with Crippen molar-refractivity contribution in [2.24, 2.45) is 0 Å². The van der Waals surface area contributed by atoms with Gasteiger partial charge in [0.05, 0.1) is 27.4 Å². The van der Waals surface area contributed by atoms with Crippen LogP contribution in [-0.2, 0) is 21.2 Å². The highest BCUT2D eigenvalue weighted by Crippen LogP contribution is 2.32. The molecule has 0 aliphatic rings. The van der Waals surface area contributed by atoms with Crippen LogP contribution in [0.5, 0.6) is 0 Å². The molecule has 9 heteroatoms. The number of halogens is 1. The summed E-state index contributed by atoms with van der Waals surface area (Å²) in [5, 5.41) is 1.14. The van der Waals surface area contributed by atoms with E-state index in [4.69, 9.17) is 11.6 Å². The van der Waals surface area contributed by atoms with Crippen molar-refractivity contribution in [2.45, 2.75) is 24.3 Å². The Balaban J connectivity index is 1.53. The van der Waals surface area contributed by atoms with Crippen molar-refractivity contribution >= 4 is 54.0 Å². The molecule has 2 heterocycles. The number of fused-ring (bicyclic) bond motifs is 1. The lowest BCUT2D eigenvalue weighted by molar-refractivity contribution is -0.118. The number of hydrogen-bond donors (Lipinski definition) is 0. The summed E-state index contributed by atoms with van der Waals surface area (Å²) in [5.41, 5.74) is 1.61. The average Bonchev–Trinajstić information content (AvgIpc) is 3.21. The first-order valence-electron chi connectivity index (χ1n) is 9.95. The Morgan fingerprint density at radius 3 is 2.62 bits per heavy atom. The van der Waals surface area contributed by atoms with E-state index < -0.39 is 9.84 Å². The number of pyridine rings is 1. The van der Waals surface area contributed by atoms with Crippen molar-refractivity contribution in [3.05, 3.63) is 83.6 Å². The van der Waals surface area contributed by atoms with Crippen LogP contribution in [0.4, 0.5) is 5.13 Å². The highest BCUT2D eigenvalue weighted by atomic mass is 35.5. The van der Waals surface area contributed by atoms with E-state index in [9.17, 15) is 13.2 Å². The first-order valence-corrected chi connectivity index (χ1v) is 12.8. The lowest BCUT2D eigenvalue weighted by Crippen LogP contribution is -2.30. The van der Waals surface area contributed by atoms with Gasteiger partial charge in [0.15, 0.2) is 15.0 Å². The van der Waals surface area contributed by atoms with Crippen LogP contribution < -0.4 is 4.90 Å². The normalized spacial score (nSPS) is 11.5. The summed E-state index contributed by atoms with van der Waals surface area (Å²) in [5.74, 6) is -0.291. The maximum Gasteiger partial charge on any atom is 0.229 e. The molecule has 0 saturated heterocycles. The second-order valence-electron chi connectivity index (χ2n) is 7.19. The lowest BCUT2D eigenvalue weighted by atomic mass is 10.2. The molecule has 2 aromatic carbocycles. The molecule has 6 nitrogen and oxygen atoms in total. The lowest BCUT2D eigenvalue weighted by Gasteiger charge is -2.20. The Kier molecular flexibility index (Phi) is 6.83. The van der Waals surface area contributed by atoms with Gasteiger partial charge in [-0.3, -0.25) is 14.7 Å². The largest absolute Gasteiger partial charge is 0.284 e. The van der Waals surface area contributed by atoms with E-state index in [-0.39, 0.29) is 29.4 Å². The second-order valence-corrected chi connectivity index (χ2v) is 10.7. The van der Waals surface area contributed by atoms with Crippen LogP contribution in [0, 0.1) is 0 Å². The van der Waals surface area contributed by atoms with Crippen LogP contribution in [0.1, 0.15) is 18.4 Å². The van der Waals surface area contributed by atoms with Crippen molar-refractivity contribution in [1.82, 2.24) is 9.97 Å². The number of benzene rings is 2.